The summed E-state index contributed by atoms with van der Waals surface area (Å²) in [7, 11) is -3.97. The van der Waals surface area contributed by atoms with E-state index in [1.807, 2.05) is 26.0 Å². The summed E-state index contributed by atoms with van der Waals surface area (Å²) in [4.78, 5) is 12.5. The summed E-state index contributed by atoms with van der Waals surface area (Å²) in [5.74, 6) is -0.425. The number of rotatable bonds is 8. The normalized spacial score (nSPS) is 12.1. The van der Waals surface area contributed by atoms with Crippen LogP contribution in [0.1, 0.15) is 18.9 Å². The minimum Gasteiger partial charge on any atom is -0.481 e. The van der Waals surface area contributed by atoms with Gasteiger partial charge in [0.15, 0.2) is 6.10 Å². The third-order valence-corrected chi connectivity index (χ3v) is 5.89. The summed E-state index contributed by atoms with van der Waals surface area (Å²) >= 11 is 0. The highest BCUT2D eigenvalue weighted by atomic mass is 32.2. The number of halogens is 1. The van der Waals surface area contributed by atoms with Gasteiger partial charge in [0.25, 0.3) is 15.9 Å². The first-order valence-corrected chi connectivity index (χ1v) is 11.2. The fourth-order valence-corrected chi connectivity index (χ4v) is 3.86. The molecule has 3 aromatic carbocycles. The number of nitrogens with one attached hydrogen (secondary N) is 2. The van der Waals surface area contributed by atoms with E-state index >= 15 is 0 Å². The zero-order valence-electron chi connectivity index (χ0n) is 17.1. The van der Waals surface area contributed by atoms with E-state index in [1.54, 1.807) is 12.1 Å². The van der Waals surface area contributed by atoms with Crippen molar-refractivity contribution in [2.75, 3.05) is 10.0 Å². The van der Waals surface area contributed by atoms with Gasteiger partial charge in [0.2, 0.25) is 0 Å². The molecule has 0 aliphatic rings. The Morgan fingerprint density at radius 3 is 2.26 bits per heavy atom. The van der Waals surface area contributed by atoms with E-state index in [1.165, 1.54) is 48.5 Å². The number of ether oxygens (including phenoxy) is 1. The molecule has 0 aliphatic heterocycles. The lowest BCUT2D eigenvalue weighted by atomic mass is 10.2. The van der Waals surface area contributed by atoms with Gasteiger partial charge in [0.05, 0.1) is 10.6 Å². The van der Waals surface area contributed by atoms with Crippen molar-refractivity contribution in [2.45, 2.75) is 31.3 Å². The maximum atomic E-state index is 13.7. The molecule has 6 nitrogen and oxygen atoms in total. The molecule has 0 saturated heterocycles. The second-order valence-corrected chi connectivity index (χ2v) is 8.61. The highest BCUT2D eigenvalue weighted by molar-refractivity contribution is 7.92. The van der Waals surface area contributed by atoms with Crippen molar-refractivity contribution in [3.63, 3.8) is 0 Å². The summed E-state index contributed by atoms with van der Waals surface area (Å²) < 4.78 is 46.7. The molecule has 0 spiro atoms. The fraction of sp³-hybridized carbons (Fsp3) is 0.174. The minimum atomic E-state index is -3.97. The Morgan fingerprint density at radius 2 is 1.65 bits per heavy atom. The van der Waals surface area contributed by atoms with E-state index in [4.69, 9.17) is 4.74 Å². The van der Waals surface area contributed by atoms with Gasteiger partial charge in [-0.1, -0.05) is 36.8 Å². The second kappa shape index (κ2) is 9.61. The third-order valence-electron chi connectivity index (χ3n) is 4.51. The quantitative estimate of drug-likeness (QED) is 0.528. The van der Waals surface area contributed by atoms with Crippen molar-refractivity contribution < 1.29 is 22.3 Å². The number of aryl methyl sites for hydroxylation is 1. The van der Waals surface area contributed by atoms with Crippen LogP contribution in [0.5, 0.6) is 5.75 Å². The Labute approximate surface area is 181 Å². The molecule has 2 N–H and O–H groups in total. The van der Waals surface area contributed by atoms with E-state index in [-0.39, 0.29) is 16.5 Å². The maximum absolute atomic E-state index is 13.7. The molecular formula is C23H23FN2O4S. The van der Waals surface area contributed by atoms with Gasteiger partial charge in [-0.3, -0.25) is 9.52 Å². The zero-order chi connectivity index (χ0) is 22.4. The Morgan fingerprint density at radius 1 is 1.00 bits per heavy atom. The SMILES string of the molecule is CCC(Oc1ccc(C)cc1)C(=O)Nc1ccc(S(=O)(=O)Nc2ccccc2F)cc1. The van der Waals surface area contributed by atoms with E-state index in [2.05, 4.69) is 10.0 Å². The van der Waals surface area contributed by atoms with Crippen LogP contribution in [0.25, 0.3) is 0 Å². The largest absolute Gasteiger partial charge is 0.481 e. The molecule has 0 saturated carbocycles. The average molecular weight is 443 g/mol. The molecule has 162 valence electrons. The lowest BCUT2D eigenvalue weighted by Gasteiger charge is -2.17. The van der Waals surface area contributed by atoms with Gasteiger partial charge in [-0.2, -0.15) is 0 Å². The number of carbonyl (C=O) groups excluding carboxylic acids is 1. The number of amides is 1. The van der Waals surface area contributed by atoms with E-state index < -0.39 is 21.9 Å². The van der Waals surface area contributed by atoms with Crippen LogP contribution in [0.3, 0.4) is 0 Å². The predicted molar refractivity (Wildman–Crippen MR) is 118 cm³/mol. The van der Waals surface area contributed by atoms with Crippen molar-refractivity contribution in [2.24, 2.45) is 0 Å². The molecule has 1 amide bonds. The predicted octanol–water partition coefficient (Wildman–Crippen LogP) is 4.73. The molecular weight excluding hydrogens is 419 g/mol. The van der Waals surface area contributed by atoms with Crippen molar-refractivity contribution >= 4 is 27.3 Å². The standard InChI is InChI=1S/C23H23FN2O4S/c1-3-22(30-18-12-8-16(2)9-13-18)23(27)25-17-10-14-19(15-11-17)31(28,29)26-21-7-5-4-6-20(21)24/h4-15,22,26H,3H2,1-2H3,(H,25,27). The summed E-state index contributed by atoms with van der Waals surface area (Å²) in [6.07, 6.45) is -0.243. The number of benzene rings is 3. The summed E-state index contributed by atoms with van der Waals surface area (Å²) in [5, 5.41) is 2.72. The first-order valence-electron chi connectivity index (χ1n) is 9.70. The first kappa shape index (κ1) is 22.3. The first-order chi connectivity index (χ1) is 14.8. The zero-order valence-corrected chi connectivity index (χ0v) is 17.9. The molecule has 1 unspecified atom stereocenters. The molecule has 0 aromatic heterocycles. The highest BCUT2D eigenvalue weighted by Gasteiger charge is 2.20. The summed E-state index contributed by atoms with van der Waals surface area (Å²) in [6.45, 7) is 3.80. The average Bonchev–Trinajstić information content (AvgIpc) is 2.75. The van der Waals surface area contributed by atoms with Gasteiger partial charge in [0.1, 0.15) is 11.6 Å². The summed E-state index contributed by atoms with van der Waals surface area (Å²) in [6, 6.07) is 18.5. The van der Waals surface area contributed by atoms with Crippen molar-refractivity contribution in [1.82, 2.24) is 0 Å². The van der Waals surface area contributed by atoms with Crippen LogP contribution in [0.4, 0.5) is 15.8 Å². The van der Waals surface area contributed by atoms with Crippen LogP contribution in [0.2, 0.25) is 0 Å². The van der Waals surface area contributed by atoms with Gasteiger partial charge in [0, 0.05) is 5.69 Å². The lowest BCUT2D eigenvalue weighted by Crippen LogP contribution is -2.32. The molecule has 0 fully saturated rings. The molecule has 3 aromatic rings. The number of anilines is 2. The minimum absolute atomic E-state index is 0.0586. The molecule has 3 rings (SSSR count). The van der Waals surface area contributed by atoms with E-state index in [0.29, 0.717) is 17.9 Å². The monoisotopic (exact) mass is 442 g/mol. The van der Waals surface area contributed by atoms with E-state index in [0.717, 1.165) is 5.56 Å². The van der Waals surface area contributed by atoms with Gasteiger partial charge in [-0.05, 0) is 61.9 Å². The van der Waals surface area contributed by atoms with Crippen LogP contribution in [0.15, 0.2) is 77.7 Å². The topological polar surface area (TPSA) is 84.5 Å². The van der Waals surface area contributed by atoms with E-state index in [9.17, 15) is 17.6 Å². The number of para-hydroxylation sites is 1. The highest BCUT2D eigenvalue weighted by Crippen LogP contribution is 2.21. The van der Waals surface area contributed by atoms with Crippen LogP contribution < -0.4 is 14.8 Å². The Kier molecular flexibility index (Phi) is 6.91. The molecule has 0 radical (unpaired) electrons. The van der Waals surface area contributed by atoms with Gasteiger partial charge >= 0.3 is 0 Å². The number of carbonyl (C=O) groups is 1. The van der Waals surface area contributed by atoms with Crippen molar-refractivity contribution in [1.29, 1.82) is 0 Å². The smallest absolute Gasteiger partial charge is 0.265 e. The Balaban J connectivity index is 1.67. The lowest BCUT2D eigenvalue weighted by molar-refractivity contribution is -0.122. The van der Waals surface area contributed by atoms with Gasteiger partial charge in [-0.25, -0.2) is 12.8 Å². The van der Waals surface area contributed by atoms with Crippen LogP contribution in [-0.4, -0.2) is 20.4 Å². The number of hydrogen-bond acceptors (Lipinski definition) is 4. The fourth-order valence-electron chi connectivity index (χ4n) is 2.79. The molecule has 0 bridgehead atoms. The molecule has 1 atom stereocenters. The Hall–Kier alpha value is -3.39. The van der Waals surface area contributed by atoms with Gasteiger partial charge < -0.3 is 10.1 Å². The second-order valence-electron chi connectivity index (χ2n) is 6.93. The number of hydrogen-bond donors (Lipinski definition) is 2. The molecule has 8 heteroatoms. The van der Waals surface area contributed by atoms with Gasteiger partial charge in [-0.15, -0.1) is 0 Å². The van der Waals surface area contributed by atoms with Crippen LogP contribution in [-0.2, 0) is 14.8 Å². The Bertz CT molecular complexity index is 1150. The maximum Gasteiger partial charge on any atom is 0.265 e. The van der Waals surface area contributed by atoms with Crippen molar-refractivity contribution in [3.05, 3.63) is 84.2 Å². The molecule has 31 heavy (non-hydrogen) atoms. The van der Waals surface area contributed by atoms with Crippen LogP contribution >= 0.6 is 0 Å². The third kappa shape index (κ3) is 5.82. The molecule has 0 aliphatic carbocycles. The summed E-state index contributed by atoms with van der Waals surface area (Å²) in [5.41, 5.74) is 1.36. The molecule has 0 heterocycles. The van der Waals surface area contributed by atoms with Crippen LogP contribution in [0, 0.1) is 12.7 Å². The number of sulfonamides is 1. The van der Waals surface area contributed by atoms with Crippen molar-refractivity contribution in [3.8, 4) is 5.75 Å².